The zero-order valence-corrected chi connectivity index (χ0v) is 12.8. The fraction of sp³-hybridized carbons (Fsp3) is 0.857. The van der Waals surface area contributed by atoms with Crippen LogP contribution >= 0.6 is 11.8 Å². The SMILES string of the molecule is CC(C)SCC(=O)CCCOCCC(=O)C(C)C. The van der Waals surface area contributed by atoms with E-state index in [0.29, 0.717) is 37.1 Å². The predicted octanol–water partition coefficient (Wildman–Crippen LogP) is 3.11. The summed E-state index contributed by atoms with van der Waals surface area (Å²) < 4.78 is 5.35. The first-order chi connectivity index (χ1) is 8.43. The maximum Gasteiger partial charge on any atom is 0.142 e. The van der Waals surface area contributed by atoms with Gasteiger partial charge < -0.3 is 4.74 Å². The van der Waals surface area contributed by atoms with Crippen LogP contribution in [0.15, 0.2) is 0 Å². The predicted molar refractivity (Wildman–Crippen MR) is 77.1 cm³/mol. The number of Topliss-reactive ketones (excluding diaryl/α,β-unsaturated/α-hetero) is 2. The van der Waals surface area contributed by atoms with E-state index in [1.807, 2.05) is 13.8 Å². The minimum Gasteiger partial charge on any atom is -0.381 e. The largest absolute Gasteiger partial charge is 0.381 e. The number of carbonyl (C=O) groups excluding carboxylic acids is 2. The molecule has 4 heteroatoms. The van der Waals surface area contributed by atoms with Crippen molar-refractivity contribution in [3.8, 4) is 0 Å². The molecule has 0 rings (SSSR count). The van der Waals surface area contributed by atoms with Gasteiger partial charge in [-0.1, -0.05) is 27.7 Å². The second-order valence-electron chi connectivity index (χ2n) is 4.99. The van der Waals surface area contributed by atoms with Crippen LogP contribution in [0, 0.1) is 5.92 Å². The van der Waals surface area contributed by atoms with Crippen molar-refractivity contribution >= 4 is 23.3 Å². The molecule has 0 amide bonds. The fourth-order valence-electron chi connectivity index (χ4n) is 1.27. The number of hydrogen-bond donors (Lipinski definition) is 0. The van der Waals surface area contributed by atoms with Crippen molar-refractivity contribution in [2.75, 3.05) is 19.0 Å². The molecular weight excluding hydrogens is 248 g/mol. The maximum absolute atomic E-state index is 11.4. The van der Waals surface area contributed by atoms with Crippen LogP contribution in [-0.2, 0) is 14.3 Å². The summed E-state index contributed by atoms with van der Waals surface area (Å²) >= 11 is 1.68. The van der Waals surface area contributed by atoms with Gasteiger partial charge in [0.05, 0.1) is 12.4 Å². The molecule has 106 valence electrons. The van der Waals surface area contributed by atoms with E-state index in [1.165, 1.54) is 0 Å². The van der Waals surface area contributed by atoms with E-state index in [0.717, 1.165) is 6.42 Å². The molecular formula is C14H26O3S. The quantitative estimate of drug-likeness (QED) is 0.543. The molecule has 0 fully saturated rings. The fourth-order valence-corrected chi connectivity index (χ4v) is 1.93. The Morgan fingerprint density at radius 2 is 1.72 bits per heavy atom. The lowest BCUT2D eigenvalue weighted by molar-refractivity contribution is -0.123. The van der Waals surface area contributed by atoms with Gasteiger partial charge >= 0.3 is 0 Å². The number of thioether (sulfide) groups is 1. The van der Waals surface area contributed by atoms with Crippen LogP contribution < -0.4 is 0 Å². The molecule has 0 heterocycles. The number of rotatable bonds is 11. The number of carbonyl (C=O) groups is 2. The molecule has 0 bridgehead atoms. The summed E-state index contributed by atoms with van der Waals surface area (Å²) in [6, 6.07) is 0. The lowest BCUT2D eigenvalue weighted by Crippen LogP contribution is -2.11. The first kappa shape index (κ1) is 17.6. The molecule has 3 nitrogen and oxygen atoms in total. The van der Waals surface area contributed by atoms with Crippen molar-refractivity contribution in [2.45, 2.75) is 52.2 Å². The highest BCUT2D eigenvalue weighted by molar-refractivity contribution is 8.00. The molecule has 0 atom stereocenters. The van der Waals surface area contributed by atoms with Gasteiger partial charge in [-0.2, -0.15) is 11.8 Å². The molecule has 0 aliphatic carbocycles. The number of hydrogen-bond acceptors (Lipinski definition) is 4. The van der Waals surface area contributed by atoms with Gasteiger partial charge in [-0.15, -0.1) is 0 Å². The molecule has 0 saturated heterocycles. The summed E-state index contributed by atoms with van der Waals surface area (Å²) in [5.74, 6) is 1.21. The maximum atomic E-state index is 11.4. The third kappa shape index (κ3) is 10.8. The van der Waals surface area contributed by atoms with Gasteiger partial charge in [0.1, 0.15) is 11.6 Å². The van der Waals surface area contributed by atoms with E-state index in [-0.39, 0.29) is 17.5 Å². The van der Waals surface area contributed by atoms with Crippen molar-refractivity contribution < 1.29 is 14.3 Å². The Kier molecular flexibility index (Phi) is 10.4. The van der Waals surface area contributed by atoms with Crippen molar-refractivity contribution in [3.63, 3.8) is 0 Å². The van der Waals surface area contributed by atoms with Gasteiger partial charge in [-0.05, 0) is 11.7 Å². The molecule has 0 aromatic rings. The molecule has 0 radical (unpaired) electrons. The van der Waals surface area contributed by atoms with Crippen LogP contribution in [0.4, 0.5) is 0 Å². The monoisotopic (exact) mass is 274 g/mol. The van der Waals surface area contributed by atoms with Gasteiger partial charge in [-0.3, -0.25) is 9.59 Å². The molecule has 0 spiro atoms. The zero-order valence-electron chi connectivity index (χ0n) is 12.0. The lowest BCUT2D eigenvalue weighted by Gasteiger charge is -2.06. The molecule has 0 aliphatic heterocycles. The summed E-state index contributed by atoms with van der Waals surface area (Å²) in [4.78, 5) is 22.7. The van der Waals surface area contributed by atoms with Gasteiger partial charge in [0, 0.05) is 25.4 Å². The highest BCUT2D eigenvalue weighted by Crippen LogP contribution is 2.10. The minimum atomic E-state index is 0.0863. The number of ether oxygens (including phenoxy) is 1. The Bertz CT molecular complexity index is 249. The third-order valence-corrected chi connectivity index (χ3v) is 3.61. The topological polar surface area (TPSA) is 43.4 Å². The molecule has 0 N–H and O–H groups in total. The standard InChI is InChI=1S/C14H26O3S/c1-11(2)14(16)7-9-17-8-5-6-13(15)10-18-12(3)4/h11-12H,5-10H2,1-4H3. The summed E-state index contributed by atoms with van der Waals surface area (Å²) in [7, 11) is 0. The summed E-state index contributed by atoms with van der Waals surface area (Å²) in [6.45, 7) is 9.02. The van der Waals surface area contributed by atoms with Crippen LogP contribution in [0.1, 0.15) is 47.0 Å². The summed E-state index contributed by atoms with van der Waals surface area (Å²) in [6.07, 6.45) is 1.82. The first-order valence-electron chi connectivity index (χ1n) is 6.67. The Balaban J connectivity index is 3.35. The normalized spacial score (nSPS) is 11.2. The van der Waals surface area contributed by atoms with E-state index in [9.17, 15) is 9.59 Å². The second-order valence-corrected chi connectivity index (χ2v) is 6.55. The van der Waals surface area contributed by atoms with Crippen LogP contribution in [0.2, 0.25) is 0 Å². The number of ketones is 2. The average Bonchev–Trinajstić information content (AvgIpc) is 2.30. The Morgan fingerprint density at radius 1 is 1.06 bits per heavy atom. The van der Waals surface area contributed by atoms with Crippen LogP contribution in [0.5, 0.6) is 0 Å². The molecule has 0 saturated carbocycles. The van der Waals surface area contributed by atoms with Gasteiger partial charge in [-0.25, -0.2) is 0 Å². The van der Waals surface area contributed by atoms with Crippen molar-refractivity contribution in [3.05, 3.63) is 0 Å². The first-order valence-corrected chi connectivity index (χ1v) is 7.72. The van der Waals surface area contributed by atoms with Crippen molar-refractivity contribution in [1.82, 2.24) is 0 Å². The van der Waals surface area contributed by atoms with Crippen molar-refractivity contribution in [1.29, 1.82) is 0 Å². The average molecular weight is 274 g/mol. The van der Waals surface area contributed by atoms with E-state index in [1.54, 1.807) is 11.8 Å². The Hall–Kier alpha value is -0.350. The van der Waals surface area contributed by atoms with Crippen LogP contribution in [-0.4, -0.2) is 35.8 Å². The molecule has 0 aromatic carbocycles. The molecule has 0 unspecified atom stereocenters. The van der Waals surface area contributed by atoms with Crippen molar-refractivity contribution in [2.24, 2.45) is 5.92 Å². The van der Waals surface area contributed by atoms with Crippen LogP contribution in [0.3, 0.4) is 0 Å². The smallest absolute Gasteiger partial charge is 0.142 e. The van der Waals surface area contributed by atoms with Crippen LogP contribution in [0.25, 0.3) is 0 Å². The van der Waals surface area contributed by atoms with E-state index < -0.39 is 0 Å². The van der Waals surface area contributed by atoms with E-state index in [2.05, 4.69) is 13.8 Å². The Labute approximate surface area is 115 Å². The van der Waals surface area contributed by atoms with Gasteiger partial charge in [0.2, 0.25) is 0 Å². The van der Waals surface area contributed by atoms with E-state index >= 15 is 0 Å². The third-order valence-electron chi connectivity index (χ3n) is 2.46. The summed E-state index contributed by atoms with van der Waals surface area (Å²) in [5.41, 5.74) is 0. The van der Waals surface area contributed by atoms with E-state index in [4.69, 9.17) is 4.74 Å². The molecule has 0 aliphatic rings. The second kappa shape index (κ2) is 10.6. The minimum absolute atomic E-state index is 0.0863. The highest BCUT2D eigenvalue weighted by atomic mass is 32.2. The summed E-state index contributed by atoms with van der Waals surface area (Å²) in [5, 5.41) is 0.507. The lowest BCUT2D eigenvalue weighted by atomic mass is 10.1. The van der Waals surface area contributed by atoms with Gasteiger partial charge in [0.25, 0.3) is 0 Å². The molecule has 18 heavy (non-hydrogen) atoms. The Morgan fingerprint density at radius 3 is 2.28 bits per heavy atom. The highest BCUT2D eigenvalue weighted by Gasteiger charge is 2.07. The molecule has 0 aromatic heterocycles. The zero-order chi connectivity index (χ0) is 14.0. The van der Waals surface area contributed by atoms with Gasteiger partial charge in [0.15, 0.2) is 0 Å².